The minimum absolute atomic E-state index is 0.0419. The van der Waals surface area contributed by atoms with Gasteiger partial charge in [-0.2, -0.15) is 0 Å². The summed E-state index contributed by atoms with van der Waals surface area (Å²) < 4.78 is 5.49. The molecule has 1 aromatic carbocycles. The maximum absolute atomic E-state index is 12.2. The van der Waals surface area contributed by atoms with Gasteiger partial charge < -0.3 is 15.0 Å². The molecule has 136 valence electrons. The maximum atomic E-state index is 12.2. The molecule has 0 spiro atoms. The van der Waals surface area contributed by atoms with Crippen LogP contribution in [-0.2, 0) is 9.59 Å². The van der Waals surface area contributed by atoms with Crippen molar-refractivity contribution in [1.29, 1.82) is 0 Å². The molecule has 25 heavy (non-hydrogen) atoms. The van der Waals surface area contributed by atoms with E-state index in [1.165, 1.54) is 12.8 Å². The summed E-state index contributed by atoms with van der Waals surface area (Å²) in [5.41, 5.74) is 1.91. The van der Waals surface area contributed by atoms with Gasteiger partial charge in [-0.3, -0.25) is 9.59 Å². The molecule has 1 saturated carbocycles. The van der Waals surface area contributed by atoms with Crippen LogP contribution < -0.4 is 15.0 Å². The van der Waals surface area contributed by atoms with Crippen molar-refractivity contribution in [2.75, 3.05) is 18.1 Å². The molecule has 0 bridgehead atoms. The standard InChI is InChI=1S/C20H28N2O3/c1-14-5-8-16(9-6-14)21-19(23)4-3-11-22-17-12-15(2)7-10-18(17)25-13-20(22)24/h7,10,12,14,16H,3-6,8-9,11,13H2,1-2H3,(H,21,23). The number of benzene rings is 1. The molecule has 5 nitrogen and oxygen atoms in total. The molecule has 1 heterocycles. The molecule has 1 aliphatic heterocycles. The highest BCUT2D eigenvalue weighted by Crippen LogP contribution is 2.33. The van der Waals surface area contributed by atoms with Crippen LogP contribution in [0.3, 0.4) is 0 Å². The topological polar surface area (TPSA) is 58.6 Å². The molecule has 3 rings (SSSR count). The third-order valence-electron chi connectivity index (χ3n) is 5.22. The van der Waals surface area contributed by atoms with E-state index in [9.17, 15) is 9.59 Å². The van der Waals surface area contributed by atoms with Crippen LogP contribution in [0.5, 0.6) is 5.75 Å². The summed E-state index contributed by atoms with van der Waals surface area (Å²) in [5, 5.41) is 3.15. The van der Waals surface area contributed by atoms with E-state index >= 15 is 0 Å². The lowest BCUT2D eigenvalue weighted by molar-refractivity contribution is -0.123. The lowest BCUT2D eigenvalue weighted by Gasteiger charge is -2.30. The molecule has 0 radical (unpaired) electrons. The van der Waals surface area contributed by atoms with Gasteiger partial charge in [-0.05, 0) is 62.6 Å². The van der Waals surface area contributed by atoms with Crippen LogP contribution in [-0.4, -0.2) is 31.0 Å². The van der Waals surface area contributed by atoms with Gasteiger partial charge in [-0.15, -0.1) is 0 Å². The van der Waals surface area contributed by atoms with E-state index in [1.54, 1.807) is 4.90 Å². The smallest absolute Gasteiger partial charge is 0.265 e. The number of rotatable bonds is 5. The Morgan fingerprint density at radius 1 is 1.28 bits per heavy atom. The number of fused-ring (bicyclic) bond motifs is 1. The van der Waals surface area contributed by atoms with Gasteiger partial charge in [0.1, 0.15) is 5.75 Å². The molecule has 1 N–H and O–H groups in total. The fraction of sp³-hybridized carbons (Fsp3) is 0.600. The zero-order valence-electron chi connectivity index (χ0n) is 15.2. The van der Waals surface area contributed by atoms with Gasteiger partial charge in [0.05, 0.1) is 5.69 Å². The number of nitrogens with zero attached hydrogens (tertiary/aromatic N) is 1. The van der Waals surface area contributed by atoms with Gasteiger partial charge in [0.2, 0.25) is 5.91 Å². The minimum atomic E-state index is -0.0419. The molecular formula is C20H28N2O3. The molecule has 0 aromatic heterocycles. The Morgan fingerprint density at radius 3 is 2.80 bits per heavy atom. The second-order valence-electron chi connectivity index (χ2n) is 7.43. The second kappa shape index (κ2) is 7.89. The summed E-state index contributed by atoms with van der Waals surface area (Å²) in [6, 6.07) is 6.18. The van der Waals surface area contributed by atoms with Crippen LogP contribution in [0.1, 0.15) is 51.0 Å². The Kier molecular flexibility index (Phi) is 5.61. The largest absolute Gasteiger partial charge is 0.482 e. The zero-order chi connectivity index (χ0) is 17.8. The average Bonchev–Trinajstić information content (AvgIpc) is 2.59. The first kappa shape index (κ1) is 17.8. The summed E-state index contributed by atoms with van der Waals surface area (Å²) in [7, 11) is 0. The van der Waals surface area contributed by atoms with Gasteiger partial charge in [-0.1, -0.05) is 13.0 Å². The highest BCUT2D eigenvalue weighted by atomic mass is 16.5. The van der Waals surface area contributed by atoms with Gasteiger partial charge in [0, 0.05) is 19.0 Å². The normalized spacial score (nSPS) is 23.0. The third-order valence-corrected chi connectivity index (χ3v) is 5.22. The maximum Gasteiger partial charge on any atom is 0.265 e. The molecule has 1 aliphatic carbocycles. The van der Waals surface area contributed by atoms with Crippen molar-refractivity contribution < 1.29 is 14.3 Å². The summed E-state index contributed by atoms with van der Waals surface area (Å²) in [5.74, 6) is 1.58. The van der Waals surface area contributed by atoms with E-state index in [-0.39, 0.29) is 18.4 Å². The minimum Gasteiger partial charge on any atom is -0.482 e. The molecule has 0 atom stereocenters. The van der Waals surface area contributed by atoms with Crippen LogP contribution in [0.4, 0.5) is 5.69 Å². The van der Waals surface area contributed by atoms with Crippen LogP contribution in [0.2, 0.25) is 0 Å². The Bertz CT molecular complexity index is 636. The van der Waals surface area contributed by atoms with Gasteiger partial charge >= 0.3 is 0 Å². The van der Waals surface area contributed by atoms with Crippen molar-refractivity contribution in [3.05, 3.63) is 23.8 Å². The van der Waals surface area contributed by atoms with Crippen molar-refractivity contribution in [2.24, 2.45) is 5.92 Å². The number of hydrogen-bond donors (Lipinski definition) is 1. The van der Waals surface area contributed by atoms with Crippen LogP contribution >= 0.6 is 0 Å². The second-order valence-corrected chi connectivity index (χ2v) is 7.43. The Hall–Kier alpha value is -2.04. The number of aryl methyl sites for hydroxylation is 1. The first-order chi connectivity index (χ1) is 12.0. The van der Waals surface area contributed by atoms with Crippen molar-refractivity contribution in [2.45, 2.75) is 58.4 Å². The molecule has 0 saturated heterocycles. The lowest BCUT2D eigenvalue weighted by Crippen LogP contribution is -2.40. The quantitative estimate of drug-likeness (QED) is 0.892. The van der Waals surface area contributed by atoms with E-state index in [0.717, 1.165) is 35.8 Å². The van der Waals surface area contributed by atoms with Gasteiger partial charge in [0.25, 0.3) is 5.91 Å². The molecule has 0 unspecified atom stereocenters. The Balaban J connectivity index is 1.49. The monoisotopic (exact) mass is 344 g/mol. The number of ether oxygens (including phenoxy) is 1. The van der Waals surface area contributed by atoms with E-state index in [2.05, 4.69) is 12.2 Å². The van der Waals surface area contributed by atoms with Gasteiger partial charge in [-0.25, -0.2) is 0 Å². The van der Waals surface area contributed by atoms with Crippen LogP contribution in [0.15, 0.2) is 18.2 Å². The number of nitrogens with one attached hydrogen (secondary N) is 1. The number of anilines is 1. The Morgan fingerprint density at radius 2 is 2.04 bits per heavy atom. The van der Waals surface area contributed by atoms with Crippen molar-refractivity contribution in [1.82, 2.24) is 5.32 Å². The molecule has 1 aromatic rings. The summed E-state index contributed by atoms with van der Waals surface area (Å²) in [6.45, 7) is 4.89. The molecule has 1 fully saturated rings. The van der Waals surface area contributed by atoms with E-state index in [1.807, 2.05) is 25.1 Å². The number of hydrogen-bond acceptors (Lipinski definition) is 3. The van der Waals surface area contributed by atoms with Crippen molar-refractivity contribution in [3.8, 4) is 5.75 Å². The first-order valence-electron chi connectivity index (χ1n) is 9.36. The third kappa shape index (κ3) is 4.53. The Labute approximate surface area is 149 Å². The molecule has 2 amide bonds. The van der Waals surface area contributed by atoms with E-state index in [4.69, 9.17) is 4.74 Å². The predicted octanol–water partition coefficient (Wildman–Crippen LogP) is 3.20. The number of carbonyl (C=O) groups is 2. The highest BCUT2D eigenvalue weighted by molar-refractivity contribution is 5.98. The fourth-order valence-corrected chi connectivity index (χ4v) is 3.66. The summed E-state index contributed by atoms with van der Waals surface area (Å²) in [6.07, 6.45) is 5.68. The van der Waals surface area contributed by atoms with E-state index in [0.29, 0.717) is 25.4 Å². The first-order valence-corrected chi connectivity index (χ1v) is 9.36. The SMILES string of the molecule is Cc1ccc2c(c1)N(CCCC(=O)NC1CCC(C)CC1)C(=O)CO2. The average molecular weight is 344 g/mol. The predicted molar refractivity (Wildman–Crippen MR) is 97.8 cm³/mol. The van der Waals surface area contributed by atoms with Crippen molar-refractivity contribution >= 4 is 17.5 Å². The molecule has 5 heteroatoms. The van der Waals surface area contributed by atoms with Crippen LogP contribution in [0, 0.1) is 12.8 Å². The van der Waals surface area contributed by atoms with Crippen molar-refractivity contribution in [3.63, 3.8) is 0 Å². The highest BCUT2D eigenvalue weighted by Gasteiger charge is 2.25. The zero-order valence-corrected chi connectivity index (χ0v) is 15.2. The molecular weight excluding hydrogens is 316 g/mol. The van der Waals surface area contributed by atoms with E-state index < -0.39 is 0 Å². The number of carbonyl (C=O) groups excluding carboxylic acids is 2. The lowest BCUT2D eigenvalue weighted by atomic mass is 9.87. The van der Waals surface area contributed by atoms with Gasteiger partial charge in [0.15, 0.2) is 6.61 Å². The number of amides is 2. The summed E-state index contributed by atoms with van der Waals surface area (Å²) >= 11 is 0. The molecule has 2 aliphatic rings. The summed E-state index contributed by atoms with van der Waals surface area (Å²) in [4.78, 5) is 26.1. The fourth-order valence-electron chi connectivity index (χ4n) is 3.66. The van der Waals surface area contributed by atoms with Crippen LogP contribution in [0.25, 0.3) is 0 Å².